The Morgan fingerprint density at radius 1 is 1.26 bits per heavy atom. The van der Waals surface area contributed by atoms with Gasteiger partial charge in [-0.2, -0.15) is 0 Å². The van der Waals surface area contributed by atoms with E-state index in [-0.39, 0.29) is 11.6 Å². The average molecular weight is 323 g/mol. The second-order valence-electron chi connectivity index (χ2n) is 4.05. The van der Waals surface area contributed by atoms with E-state index in [1.807, 2.05) is 19.1 Å². The van der Waals surface area contributed by atoms with Crippen LogP contribution in [0.2, 0.25) is 0 Å². The number of hydrogen-bond donors (Lipinski definition) is 0. The lowest BCUT2D eigenvalue weighted by molar-refractivity contribution is -0.386. The first-order chi connectivity index (χ1) is 8.99. The third-order valence-corrected chi connectivity index (χ3v) is 3.13. The Bertz CT molecular complexity index is 644. The van der Waals surface area contributed by atoms with Crippen molar-refractivity contribution in [2.24, 2.45) is 0 Å². The van der Waals surface area contributed by atoms with Crippen molar-refractivity contribution in [2.45, 2.75) is 13.8 Å². The molecule has 1 aromatic heterocycles. The number of pyridine rings is 1. The smallest absolute Gasteiger partial charge is 0.334 e. The summed E-state index contributed by atoms with van der Waals surface area (Å²) in [5, 5.41) is 11.1. The summed E-state index contributed by atoms with van der Waals surface area (Å²) in [6.07, 6.45) is 1.49. The van der Waals surface area contributed by atoms with Crippen molar-refractivity contribution in [2.75, 3.05) is 0 Å². The lowest BCUT2D eigenvalue weighted by Crippen LogP contribution is -1.99. The fraction of sp³-hybridized carbons (Fsp3) is 0.154. The van der Waals surface area contributed by atoms with Gasteiger partial charge in [0, 0.05) is 16.2 Å². The van der Waals surface area contributed by atoms with Gasteiger partial charge in [-0.3, -0.25) is 10.1 Å². The third-order valence-electron chi connectivity index (χ3n) is 2.63. The molecule has 98 valence electrons. The van der Waals surface area contributed by atoms with E-state index in [1.165, 1.54) is 6.20 Å². The molecule has 0 radical (unpaired) electrons. The maximum atomic E-state index is 11.1. The van der Waals surface area contributed by atoms with Crippen LogP contribution in [0.5, 0.6) is 11.6 Å². The first kappa shape index (κ1) is 13.5. The van der Waals surface area contributed by atoms with Gasteiger partial charge < -0.3 is 4.74 Å². The Balaban J connectivity index is 2.46. The highest BCUT2D eigenvalue weighted by molar-refractivity contribution is 9.10. The molecule has 0 aliphatic carbocycles. The molecule has 19 heavy (non-hydrogen) atoms. The number of halogens is 1. The fourth-order valence-electron chi connectivity index (χ4n) is 1.61. The standard InChI is InChI=1S/C13H11BrN2O3/c1-8-3-4-10(14)7-11(8)19-13-12(16(17)18)9(2)5-6-15-13/h3-7H,1-2H3. The lowest BCUT2D eigenvalue weighted by atomic mass is 10.2. The maximum absolute atomic E-state index is 11.1. The Labute approximate surface area is 118 Å². The van der Waals surface area contributed by atoms with Crippen molar-refractivity contribution >= 4 is 21.6 Å². The van der Waals surface area contributed by atoms with Gasteiger partial charge in [0.25, 0.3) is 5.88 Å². The molecular formula is C13H11BrN2O3. The van der Waals surface area contributed by atoms with E-state index in [0.717, 1.165) is 10.0 Å². The van der Waals surface area contributed by atoms with Crippen LogP contribution in [-0.4, -0.2) is 9.91 Å². The van der Waals surface area contributed by atoms with E-state index in [9.17, 15) is 10.1 Å². The van der Waals surface area contributed by atoms with Gasteiger partial charge in [-0.05, 0) is 37.6 Å². The molecule has 0 aliphatic heterocycles. The van der Waals surface area contributed by atoms with Crippen LogP contribution >= 0.6 is 15.9 Å². The molecule has 0 bridgehead atoms. The van der Waals surface area contributed by atoms with E-state index in [0.29, 0.717) is 11.3 Å². The van der Waals surface area contributed by atoms with E-state index < -0.39 is 4.92 Å². The van der Waals surface area contributed by atoms with Crippen LogP contribution in [0.4, 0.5) is 5.69 Å². The number of aryl methyl sites for hydroxylation is 2. The molecule has 2 aromatic rings. The van der Waals surface area contributed by atoms with Crippen molar-refractivity contribution in [1.82, 2.24) is 4.98 Å². The van der Waals surface area contributed by atoms with Crippen molar-refractivity contribution in [3.05, 3.63) is 56.2 Å². The topological polar surface area (TPSA) is 65.3 Å². The van der Waals surface area contributed by atoms with Gasteiger partial charge in [0.05, 0.1) is 4.92 Å². The summed E-state index contributed by atoms with van der Waals surface area (Å²) in [4.78, 5) is 14.5. The zero-order valence-corrected chi connectivity index (χ0v) is 12.0. The summed E-state index contributed by atoms with van der Waals surface area (Å²) in [5.41, 5.74) is 1.28. The molecule has 0 unspecified atom stereocenters. The SMILES string of the molecule is Cc1ccc(Br)cc1Oc1nccc(C)c1[N+](=O)[O-]. The highest BCUT2D eigenvalue weighted by atomic mass is 79.9. The highest BCUT2D eigenvalue weighted by Gasteiger charge is 2.21. The lowest BCUT2D eigenvalue weighted by Gasteiger charge is -2.09. The predicted molar refractivity (Wildman–Crippen MR) is 74.6 cm³/mol. The van der Waals surface area contributed by atoms with E-state index in [2.05, 4.69) is 20.9 Å². The zero-order valence-electron chi connectivity index (χ0n) is 10.4. The number of benzene rings is 1. The van der Waals surface area contributed by atoms with Crippen LogP contribution < -0.4 is 4.74 Å². The number of nitrogens with zero attached hydrogens (tertiary/aromatic N) is 2. The van der Waals surface area contributed by atoms with Crippen LogP contribution in [-0.2, 0) is 0 Å². The monoisotopic (exact) mass is 322 g/mol. The zero-order chi connectivity index (χ0) is 14.0. The second-order valence-corrected chi connectivity index (χ2v) is 4.97. The molecule has 0 N–H and O–H groups in total. The number of ether oxygens (including phenoxy) is 1. The number of hydrogen-bond acceptors (Lipinski definition) is 4. The first-order valence-electron chi connectivity index (χ1n) is 5.53. The first-order valence-corrected chi connectivity index (χ1v) is 6.32. The minimum atomic E-state index is -0.481. The number of aromatic nitrogens is 1. The van der Waals surface area contributed by atoms with Crippen molar-refractivity contribution in [1.29, 1.82) is 0 Å². The minimum Gasteiger partial charge on any atom is -0.433 e. The van der Waals surface area contributed by atoms with Gasteiger partial charge in [0.2, 0.25) is 0 Å². The second kappa shape index (κ2) is 5.36. The summed E-state index contributed by atoms with van der Waals surface area (Å²) in [5.74, 6) is 0.543. The van der Waals surface area contributed by atoms with Gasteiger partial charge in [0.15, 0.2) is 0 Å². The summed E-state index contributed by atoms with van der Waals surface area (Å²) in [6, 6.07) is 7.07. The maximum Gasteiger partial charge on any atom is 0.334 e. The molecule has 0 aliphatic rings. The number of nitro groups is 1. The van der Waals surface area contributed by atoms with Crippen molar-refractivity contribution in [3.63, 3.8) is 0 Å². The molecule has 0 saturated heterocycles. The van der Waals surface area contributed by atoms with Crippen LogP contribution in [0.15, 0.2) is 34.9 Å². The molecule has 1 aromatic carbocycles. The van der Waals surface area contributed by atoms with E-state index in [1.54, 1.807) is 19.1 Å². The molecule has 0 saturated carbocycles. The Hall–Kier alpha value is -1.95. The van der Waals surface area contributed by atoms with Gasteiger partial charge in [-0.15, -0.1) is 0 Å². The highest BCUT2D eigenvalue weighted by Crippen LogP contribution is 2.34. The molecular weight excluding hydrogens is 312 g/mol. The summed E-state index contributed by atoms with van der Waals surface area (Å²) < 4.78 is 6.42. The van der Waals surface area contributed by atoms with E-state index in [4.69, 9.17) is 4.74 Å². The largest absolute Gasteiger partial charge is 0.433 e. The summed E-state index contributed by atoms with van der Waals surface area (Å²) in [7, 11) is 0. The fourth-order valence-corrected chi connectivity index (χ4v) is 1.95. The minimum absolute atomic E-state index is 0.00574. The van der Waals surface area contributed by atoms with Crippen molar-refractivity contribution < 1.29 is 9.66 Å². The normalized spacial score (nSPS) is 10.3. The Morgan fingerprint density at radius 3 is 2.68 bits per heavy atom. The Kier molecular flexibility index (Phi) is 3.80. The molecule has 5 nitrogen and oxygen atoms in total. The molecule has 0 amide bonds. The molecule has 1 heterocycles. The summed E-state index contributed by atoms with van der Waals surface area (Å²) in [6.45, 7) is 3.52. The molecule has 0 fully saturated rings. The van der Waals surface area contributed by atoms with Crippen molar-refractivity contribution in [3.8, 4) is 11.6 Å². The van der Waals surface area contributed by atoms with Crippen LogP contribution in [0.3, 0.4) is 0 Å². The Morgan fingerprint density at radius 2 is 2.00 bits per heavy atom. The van der Waals surface area contributed by atoms with Crippen LogP contribution in [0.25, 0.3) is 0 Å². The molecule has 2 rings (SSSR count). The molecule has 0 spiro atoms. The average Bonchev–Trinajstić information content (AvgIpc) is 2.33. The van der Waals surface area contributed by atoms with Gasteiger partial charge in [-0.25, -0.2) is 4.98 Å². The van der Waals surface area contributed by atoms with Crippen LogP contribution in [0, 0.1) is 24.0 Å². The van der Waals surface area contributed by atoms with Crippen LogP contribution in [0.1, 0.15) is 11.1 Å². The quantitative estimate of drug-likeness (QED) is 0.628. The predicted octanol–water partition coefficient (Wildman–Crippen LogP) is 4.16. The molecule has 0 atom stereocenters. The molecule has 6 heteroatoms. The van der Waals surface area contributed by atoms with Gasteiger partial charge in [-0.1, -0.05) is 22.0 Å². The number of rotatable bonds is 3. The van der Waals surface area contributed by atoms with Gasteiger partial charge in [0.1, 0.15) is 5.75 Å². The van der Waals surface area contributed by atoms with E-state index >= 15 is 0 Å². The third kappa shape index (κ3) is 2.90. The summed E-state index contributed by atoms with van der Waals surface area (Å²) >= 11 is 3.34. The van der Waals surface area contributed by atoms with Gasteiger partial charge >= 0.3 is 5.69 Å².